The Hall–Kier alpha value is -2.18. The van der Waals surface area contributed by atoms with Crippen LogP contribution in [0.3, 0.4) is 0 Å². The lowest BCUT2D eigenvalue weighted by molar-refractivity contribution is 0.0942. The van der Waals surface area contributed by atoms with Crippen LogP contribution in [0.1, 0.15) is 50.7 Å². The third-order valence-electron chi connectivity index (χ3n) is 4.87. The van der Waals surface area contributed by atoms with Gasteiger partial charge in [0.2, 0.25) is 5.82 Å². The molecule has 3 heterocycles. The summed E-state index contributed by atoms with van der Waals surface area (Å²) in [5.74, 6) is 2.14. The first-order valence-electron chi connectivity index (χ1n) is 9.18. The molecule has 1 amide bonds. The highest BCUT2D eigenvalue weighted by atomic mass is 16.2. The van der Waals surface area contributed by atoms with Gasteiger partial charge in [0.15, 0.2) is 5.65 Å². The van der Waals surface area contributed by atoms with Crippen molar-refractivity contribution in [2.75, 3.05) is 24.5 Å². The van der Waals surface area contributed by atoms with Gasteiger partial charge in [-0.25, -0.2) is 9.97 Å². The topological polar surface area (TPSA) is 75.9 Å². The van der Waals surface area contributed by atoms with Crippen molar-refractivity contribution in [3.05, 3.63) is 12.0 Å². The second kappa shape index (κ2) is 7.37. The Morgan fingerprint density at radius 2 is 2.04 bits per heavy atom. The van der Waals surface area contributed by atoms with Crippen LogP contribution in [0.2, 0.25) is 0 Å². The summed E-state index contributed by atoms with van der Waals surface area (Å²) in [5.41, 5.74) is 0.706. The summed E-state index contributed by atoms with van der Waals surface area (Å²) >= 11 is 0. The number of fused-ring (bicyclic) bond motifs is 1. The van der Waals surface area contributed by atoms with Crippen LogP contribution in [-0.2, 0) is 7.05 Å². The summed E-state index contributed by atoms with van der Waals surface area (Å²) in [7, 11) is 1.85. The number of hydrogen-bond donors (Lipinski definition) is 1. The molecule has 1 N–H and O–H groups in total. The standard InChI is InChI=1S/C18H28N6O/c1-12(2)5-8-19-18(25)15-21-16-14(11-20-23(16)4)17(22-15)24-9-6-13(3)7-10-24/h11-13H,5-10H2,1-4H3,(H,19,25). The molecular weight excluding hydrogens is 316 g/mol. The Labute approximate surface area is 148 Å². The molecule has 2 aromatic rings. The molecule has 0 spiro atoms. The van der Waals surface area contributed by atoms with Crippen molar-refractivity contribution in [1.29, 1.82) is 0 Å². The molecule has 7 heteroatoms. The molecule has 1 aliphatic rings. The quantitative estimate of drug-likeness (QED) is 0.901. The Morgan fingerprint density at radius 3 is 2.72 bits per heavy atom. The van der Waals surface area contributed by atoms with E-state index in [1.165, 1.54) is 0 Å². The van der Waals surface area contributed by atoms with Gasteiger partial charge in [-0.05, 0) is 31.1 Å². The maximum Gasteiger partial charge on any atom is 0.289 e. The number of carbonyl (C=O) groups excluding carboxylic acids is 1. The molecule has 0 saturated carbocycles. The summed E-state index contributed by atoms with van der Waals surface area (Å²) < 4.78 is 1.71. The number of carbonyl (C=O) groups is 1. The molecule has 1 saturated heterocycles. The van der Waals surface area contributed by atoms with Crippen LogP contribution in [0.15, 0.2) is 6.20 Å². The van der Waals surface area contributed by atoms with Crippen molar-refractivity contribution in [3.63, 3.8) is 0 Å². The van der Waals surface area contributed by atoms with Crippen molar-refractivity contribution in [2.24, 2.45) is 18.9 Å². The maximum atomic E-state index is 12.5. The number of aryl methyl sites for hydroxylation is 1. The van der Waals surface area contributed by atoms with E-state index >= 15 is 0 Å². The second-order valence-corrected chi connectivity index (χ2v) is 7.48. The minimum atomic E-state index is -0.213. The number of amides is 1. The molecule has 1 fully saturated rings. The lowest BCUT2D eigenvalue weighted by atomic mass is 9.99. The van der Waals surface area contributed by atoms with Crippen molar-refractivity contribution in [2.45, 2.75) is 40.0 Å². The first-order chi connectivity index (χ1) is 12.0. The zero-order valence-electron chi connectivity index (χ0n) is 15.6. The number of nitrogens with one attached hydrogen (secondary N) is 1. The van der Waals surface area contributed by atoms with E-state index in [1.807, 2.05) is 7.05 Å². The number of aromatic nitrogens is 4. The lowest BCUT2D eigenvalue weighted by Gasteiger charge is -2.31. The maximum absolute atomic E-state index is 12.5. The third kappa shape index (κ3) is 3.91. The SMILES string of the molecule is CC(C)CCNC(=O)c1nc(N2CCC(C)CC2)c2cnn(C)c2n1. The van der Waals surface area contributed by atoms with Gasteiger partial charge in [-0.15, -0.1) is 0 Å². The molecule has 1 aliphatic heterocycles. The van der Waals surface area contributed by atoms with Crippen molar-refractivity contribution < 1.29 is 4.79 Å². The number of anilines is 1. The smallest absolute Gasteiger partial charge is 0.289 e. The molecule has 25 heavy (non-hydrogen) atoms. The Balaban J connectivity index is 1.89. The van der Waals surface area contributed by atoms with Gasteiger partial charge in [-0.2, -0.15) is 5.10 Å². The van der Waals surface area contributed by atoms with Crippen LogP contribution in [0.25, 0.3) is 11.0 Å². The zero-order chi connectivity index (χ0) is 18.0. The molecule has 0 unspecified atom stereocenters. The fourth-order valence-electron chi connectivity index (χ4n) is 3.12. The van der Waals surface area contributed by atoms with Gasteiger partial charge in [-0.1, -0.05) is 20.8 Å². The predicted octanol–water partition coefficient (Wildman–Crippen LogP) is 2.38. The molecule has 0 radical (unpaired) electrons. The van der Waals surface area contributed by atoms with E-state index in [9.17, 15) is 4.79 Å². The molecule has 7 nitrogen and oxygen atoms in total. The normalized spacial score (nSPS) is 16.0. The summed E-state index contributed by atoms with van der Waals surface area (Å²) in [6, 6.07) is 0. The highest BCUT2D eigenvalue weighted by Crippen LogP contribution is 2.27. The summed E-state index contributed by atoms with van der Waals surface area (Å²) in [4.78, 5) is 23.8. The van der Waals surface area contributed by atoms with Gasteiger partial charge in [0.05, 0.1) is 11.6 Å². The lowest BCUT2D eigenvalue weighted by Crippen LogP contribution is -2.34. The van der Waals surface area contributed by atoms with E-state index < -0.39 is 0 Å². The molecule has 0 atom stereocenters. The summed E-state index contributed by atoms with van der Waals surface area (Å²) in [6.07, 6.45) is 5.02. The van der Waals surface area contributed by atoms with Crippen LogP contribution < -0.4 is 10.2 Å². The summed E-state index contributed by atoms with van der Waals surface area (Å²) in [6.45, 7) is 9.11. The van der Waals surface area contributed by atoms with Crippen LogP contribution in [0.5, 0.6) is 0 Å². The highest BCUT2D eigenvalue weighted by Gasteiger charge is 2.23. The fourth-order valence-corrected chi connectivity index (χ4v) is 3.12. The minimum absolute atomic E-state index is 0.213. The van der Waals surface area contributed by atoms with E-state index in [0.717, 1.165) is 49.5 Å². The van der Waals surface area contributed by atoms with E-state index in [1.54, 1.807) is 10.9 Å². The fraction of sp³-hybridized carbons (Fsp3) is 0.667. The molecule has 2 aromatic heterocycles. The number of hydrogen-bond acceptors (Lipinski definition) is 5. The monoisotopic (exact) mass is 344 g/mol. The Morgan fingerprint density at radius 1 is 1.32 bits per heavy atom. The predicted molar refractivity (Wildman–Crippen MR) is 98.7 cm³/mol. The third-order valence-corrected chi connectivity index (χ3v) is 4.87. The Bertz CT molecular complexity index is 745. The van der Waals surface area contributed by atoms with E-state index in [2.05, 4.69) is 46.1 Å². The largest absolute Gasteiger partial charge is 0.356 e. The van der Waals surface area contributed by atoms with Gasteiger partial charge < -0.3 is 10.2 Å². The Kier molecular flexibility index (Phi) is 5.20. The van der Waals surface area contributed by atoms with Crippen molar-refractivity contribution >= 4 is 22.8 Å². The number of piperidine rings is 1. The summed E-state index contributed by atoms with van der Waals surface area (Å²) in [5, 5.41) is 8.15. The molecular formula is C18H28N6O. The number of nitrogens with zero attached hydrogens (tertiary/aromatic N) is 5. The van der Waals surface area contributed by atoms with Gasteiger partial charge in [0.25, 0.3) is 5.91 Å². The van der Waals surface area contributed by atoms with Gasteiger partial charge >= 0.3 is 0 Å². The van der Waals surface area contributed by atoms with E-state index in [-0.39, 0.29) is 11.7 Å². The zero-order valence-corrected chi connectivity index (χ0v) is 15.6. The van der Waals surface area contributed by atoms with Crippen molar-refractivity contribution in [1.82, 2.24) is 25.1 Å². The molecule has 0 aromatic carbocycles. The van der Waals surface area contributed by atoms with Crippen LogP contribution in [0, 0.1) is 11.8 Å². The second-order valence-electron chi connectivity index (χ2n) is 7.48. The number of rotatable bonds is 5. The van der Waals surface area contributed by atoms with E-state index in [4.69, 9.17) is 0 Å². The van der Waals surface area contributed by atoms with E-state index in [0.29, 0.717) is 18.1 Å². The van der Waals surface area contributed by atoms with Crippen LogP contribution in [0.4, 0.5) is 5.82 Å². The molecule has 3 rings (SSSR count). The first-order valence-corrected chi connectivity index (χ1v) is 9.18. The van der Waals surface area contributed by atoms with Gasteiger partial charge in [0.1, 0.15) is 5.82 Å². The average Bonchev–Trinajstić information content (AvgIpc) is 2.96. The highest BCUT2D eigenvalue weighted by molar-refractivity contribution is 5.95. The average molecular weight is 344 g/mol. The van der Waals surface area contributed by atoms with Crippen LogP contribution in [-0.4, -0.2) is 45.3 Å². The van der Waals surface area contributed by atoms with Gasteiger partial charge in [-0.3, -0.25) is 9.48 Å². The first kappa shape index (κ1) is 17.6. The van der Waals surface area contributed by atoms with Crippen LogP contribution >= 0.6 is 0 Å². The van der Waals surface area contributed by atoms with Gasteiger partial charge in [0, 0.05) is 26.7 Å². The minimum Gasteiger partial charge on any atom is -0.356 e. The molecule has 0 aliphatic carbocycles. The molecule has 0 bridgehead atoms. The molecule has 136 valence electrons. The van der Waals surface area contributed by atoms with Crippen molar-refractivity contribution in [3.8, 4) is 0 Å².